The molecule has 1 saturated heterocycles. The Labute approximate surface area is 135 Å². The van der Waals surface area contributed by atoms with Crippen LogP contribution in [0.4, 0.5) is 0 Å². The van der Waals surface area contributed by atoms with Crippen molar-refractivity contribution in [3.63, 3.8) is 0 Å². The maximum atomic E-state index is 5.92. The number of aromatic nitrogens is 4. The molecule has 124 valence electrons. The van der Waals surface area contributed by atoms with E-state index in [2.05, 4.69) is 15.0 Å². The third-order valence-electron chi connectivity index (χ3n) is 4.58. The minimum Gasteiger partial charge on any atom is -0.468 e. The van der Waals surface area contributed by atoms with E-state index >= 15 is 0 Å². The molecule has 1 saturated carbocycles. The van der Waals surface area contributed by atoms with Crippen LogP contribution in [-0.2, 0) is 4.74 Å². The highest BCUT2D eigenvalue weighted by atomic mass is 16.5. The average Bonchev–Trinajstić information content (AvgIpc) is 3.22. The number of nitrogens with zero attached hydrogens (tertiary/aromatic N) is 4. The zero-order valence-electron chi connectivity index (χ0n) is 13.4. The fourth-order valence-corrected chi connectivity index (χ4v) is 3.40. The Bertz CT molecular complexity index is 675. The van der Waals surface area contributed by atoms with E-state index in [1.165, 1.54) is 12.8 Å². The van der Waals surface area contributed by atoms with Crippen molar-refractivity contribution in [2.24, 2.45) is 0 Å². The van der Waals surface area contributed by atoms with Gasteiger partial charge < -0.3 is 14.2 Å². The van der Waals surface area contributed by atoms with Gasteiger partial charge in [0.25, 0.3) is 0 Å². The Morgan fingerprint density at radius 1 is 1.13 bits per heavy atom. The number of hydrogen-bond donors (Lipinski definition) is 0. The third kappa shape index (κ3) is 2.85. The molecule has 4 rings (SSSR count). The third-order valence-corrected chi connectivity index (χ3v) is 4.58. The standard InChI is InChI=1S/C16H22N4O3/c1-21-16-18-12-10-17-15(23-11-6-2-3-7-11)19-14(12)20(16)13-8-4-5-9-22-13/h10-11,13H,2-9H2,1H3. The molecule has 23 heavy (non-hydrogen) atoms. The van der Waals surface area contributed by atoms with Crippen molar-refractivity contribution in [2.45, 2.75) is 57.3 Å². The van der Waals surface area contributed by atoms with Crippen molar-refractivity contribution < 1.29 is 14.2 Å². The van der Waals surface area contributed by atoms with Crippen molar-refractivity contribution >= 4 is 11.2 Å². The van der Waals surface area contributed by atoms with Gasteiger partial charge in [0.2, 0.25) is 0 Å². The summed E-state index contributed by atoms with van der Waals surface area (Å²) in [5, 5.41) is 0. The van der Waals surface area contributed by atoms with Gasteiger partial charge in [0.05, 0.1) is 13.3 Å². The SMILES string of the molecule is COc1nc2cnc(OC3CCCC3)nc2n1C1CCCCO1. The molecule has 0 bridgehead atoms. The van der Waals surface area contributed by atoms with Crippen LogP contribution in [0.1, 0.15) is 51.2 Å². The molecule has 0 amide bonds. The van der Waals surface area contributed by atoms with Gasteiger partial charge in [0.15, 0.2) is 5.65 Å². The Hall–Kier alpha value is -1.89. The van der Waals surface area contributed by atoms with Crippen LogP contribution < -0.4 is 9.47 Å². The molecule has 2 fully saturated rings. The van der Waals surface area contributed by atoms with E-state index in [4.69, 9.17) is 14.2 Å². The number of hydrogen-bond acceptors (Lipinski definition) is 6. The van der Waals surface area contributed by atoms with Crippen LogP contribution in [0, 0.1) is 0 Å². The summed E-state index contributed by atoms with van der Waals surface area (Å²) in [6.45, 7) is 0.754. The predicted octanol–water partition coefficient (Wildman–Crippen LogP) is 2.86. The smallest absolute Gasteiger partial charge is 0.318 e. The van der Waals surface area contributed by atoms with Crippen LogP contribution in [-0.4, -0.2) is 39.3 Å². The monoisotopic (exact) mass is 318 g/mol. The van der Waals surface area contributed by atoms with E-state index in [1.807, 2.05) is 4.57 Å². The van der Waals surface area contributed by atoms with Gasteiger partial charge >= 0.3 is 12.0 Å². The summed E-state index contributed by atoms with van der Waals surface area (Å²) in [6.07, 6.45) is 9.60. The lowest BCUT2D eigenvalue weighted by molar-refractivity contribution is -0.0334. The molecule has 0 aromatic carbocycles. The summed E-state index contributed by atoms with van der Waals surface area (Å²) in [7, 11) is 1.61. The van der Waals surface area contributed by atoms with Crippen LogP contribution in [0.25, 0.3) is 11.2 Å². The van der Waals surface area contributed by atoms with E-state index in [-0.39, 0.29) is 12.3 Å². The fourth-order valence-electron chi connectivity index (χ4n) is 3.40. The highest BCUT2D eigenvalue weighted by molar-refractivity contribution is 5.71. The quantitative estimate of drug-likeness (QED) is 0.863. The molecule has 1 unspecified atom stereocenters. The summed E-state index contributed by atoms with van der Waals surface area (Å²) in [5.74, 6) is 0. The lowest BCUT2D eigenvalue weighted by atomic mass is 10.2. The zero-order valence-corrected chi connectivity index (χ0v) is 13.4. The van der Waals surface area contributed by atoms with Gasteiger partial charge in [-0.1, -0.05) is 0 Å². The van der Waals surface area contributed by atoms with Gasteiger partial charge in [-0.05, 0) is 44.9 Å². The van der Waals surface area contributed by atoms with Crippen molar-refractivity contribution in [2.75, 3.05) is 13.7 Å². The lowest BCUT2D eigenvalue weighted by Crippen LogP contribution is -2.19. The molecule has 1 aliphatic heterocycles. The highest BCUT2D eigenvalue weighted by Crippen LogP contribution is 2.31. The minimum absolute atomic E-state index is 0.0852. The van der Waals surface area contributed by atoms with Gasteiger partial charge in [-0.15, -0.1) is 0 Å². The number of rotatable bonds is 4. The molecule has 7 nitrogen and oxygen atoms in total. The molecule has 1 atom stereocenters. The summed E-state index contributed by atoms with van der Waals surface area (Å²) >= 11 is 0. The molecule has 1 aliphatic carbocycles. The summed E-state index contributed by atoms with van der Waals surface area (Å²) in [4.78, 5) is 13.3. The molecule has 2 aromatic heterocycles. The molecule has 2 aromatic rings. The minimum atomic E-state index is -0.0852. The van der Waals surface area contributed by atoms with Gasteiger partial charge in [0, 0.05) is 6.61 Å². The van der Waals surface area contributed by atoms with Crippen molar-refractivity contribution in [3.8, 4) is 12.0 Å². The van der Waals surface area contributed by atoms with Gasteiger partial charge in [0.1, 0.15) is 17.8 Å². The van der Waals surface area contributed by atoms with Crippen LogP contribution in [0.5, 0.6) is 12.0 Å². The first kappa shape index (κ1) is 14.7. The Balaban J connectivity index is 1.69. The van der Waals surface area contributed by atoms with Crippen LogP contribution in [0.2, 0.25) is 0 Å². The molecular weight excluding hydrogens is 296 g/mol. The maximum Gasteiger partial charge on any atom is 0.318 e. The highest BCUT2D eigenvalue weighted by Gasteiger charge is 2.25. The van der Waals surface area contributed by atoms with E-state index in [9.17, 15) is 0 Å². The van der Waals surface area contributed by atoms with E-state index in [0.717, 1.165) is 44.4 Å². The van der Waals surface area contributed by atoms with Gasteiger partial charge in [-0.25, -0.2) is 4.98 Å². The second kappa shape index (κ2) is 6.31. The normalized spacial score (nSPS) is 22.6. The van der Waals surface area contributed by atoms with Crippen LogP contribution >= 0.6 is 0 Å². The molecule has 0 N–H and O–H groups in total. The van der Waals surface area contributed by atoms with Crippen molar-refractivity contribution in [3.05, 3.63) is 6.20 Å². The van der Waals surface area contributed by atoms with E-state index < -0.39 is 0 Å². The summed E-state index contributed by atoms with van der Waals surface area (Å²) < 4.78 is 19.2. The number of imidazole rings is 1. The topological polar surface area (TPSA) is 71.3 Å². The maximum absolute atomic E-state index is 5.92. The Kier molecular flexibility index (Phi) is 4.03. The molecule has 2 aliphatic rings. The Morgan fingerprint density at radius 2 is 1.96 bits per heavy atom. The van der Waals surface area contributed by atoms with E-state index in [0.29, 0.717) is 17.5 Å². The Morgan fingerprint density at radius 3 is 2.70 bits per heavy atom. The zero-order chi connectivity index (χ0) is 15.6. The van der Waals surface area contributed by atoms with Crippen LogP contribution in [0.3, 0.4) is 0 Å². The molecule has 0 spiro atoms. The molecular formula is C16H22N4O3. The summed E-state index contributed by atoms with van der Waals surface area (Å²) in [6, 6.07) is 0.934. The summed E-state index contributed by atoms with van der Waals surface area (Å²) in [5.41, 5.74) is 1.42. The second-order valence-electron chi connectivity index (χ2n) is 6.18. The van der Waals surface area contributed by atoms with Gasteiger partial charge in [-0.2, -0.15) is 9.97 Å². The molecule has 7 heteroatoms. The van der Waals surface area contributed by atoms with E-state index in [1.54, 1.807) is 13.3 Å². The molecule has 0 radical (unpaired) electrons. The first-order valence-corrected chi connectivity index (χ1v) is 8.42. The first-order chi connectivity index (χ1) is 11.3. The number of ether oxygens (including phenoxy) is 3. The fraction of sp³-hybridized carbons (Fsp3) is 0.688. The second-order valence-corrected chi connectivity index (χ2v) is 6.18. The van der Waals surface area contributed by atoms with Crippen molar-refractivity contribution in [1.29, 1.82) is 0 Å². The lowest BCUT2D eigenvalue weighted by Gasteiger charge is -2.24. The largest absolute Gasteiger partial charge is 0.468 e. The van der Waals surface area contributed by atoms with Crippen LogP contribution in [0.15, 0.2) is 6.20 Å². The number of methoxy groups -OCH3 is 1. The number of fused-ring (bicyclic) bond motifs is 1. The molecule has 3 heterocycles. The van der Waals surface area contributed by atoms with Gasteiger partial charge in [-0.3, -0.25) is 4.57 Å². The first-order valence-electron chi connectivity index (χ1n) is 8.42. The average molecular weight is 318 g/mol. The van der Waals surface area contributed by atoms with Crippen molar-refractivity contribution in [1.82, 2.24) is 19.5 Å². The predicted molar refractivity (Wildman–Crippen MR) is 83.6 cm³/mol.